The number of aromatic amines is 1. The van der Waals surface area contributed by atoms with E-state index in [0.29, 0.717) is 16.8 Å². The number of nitrogens with zero attached hydrogens (tertiary/aromatic N) is 3. The van der Waals surface area contributed by atoms with Gasteiger partial charge in [0, 0.05) is 18.0 Å². The lowest BCUT2D eigenvalue weighted by Gasteiger charge is -2.14. The van der Waals surface area contributed by atoms with Gasteiger partial charge in [0.2, 0.25) is 0 Å². The molecular formula is C21H14N4O2. The molecule has 6 nitrogen and oxygen atoms in total. The number of imidazole rings is 1. The van der Waals surface area contributed by atoms with Crippen LogP contribution in [0.3, 0.4) is 0 Å². The number of benzene rings is 2. The van der Waals surface area contributed by atoms with Gasteiger partial charge in [0.05, 0.1) is 27.8 Å². The SMILES string of the molecule is Cc1ccc2nc(-c3ccc(N4C(=O)c5ccncc5C4=O)cc3)[nH]c2c1. The van der Waals surface area contributed by atoms with Crippen LogP contribution in [0.15, 0.2) is 60.9 Å². The molecule has 0 saturated carbocycles. The van der Waals surface area contributed by atoms with Gasteiger partial charge in [-0.25, -0.2) is 9.88 Å². The van der Waals surface area contributed by atoms with Crippen LogP contribution in [0, 0.1) is 6.92 Å². The van der Waals surface area contributed by atoms with E-state index >= 15 is 0 Å². The predicted molar refractivity (Wildman–Crippen MR) is 102 cm³/mol. The number of imide groups is 1. The van der Waals surface area contributed by atoms with Gasteiger partial charge < -0.3 is 4.98 Å². The molecule has 3 heterocycles. The topological polar surface area (TPSA) is 79.0 Å². The fourth-order valence-electron chi connectivity index (χ4n) is 3.35. The van der Waals surface area contributed by atoms with Crippen LogP contribution < -0.4 is 4.90 Å². The molecule has 0 aliphatic carbocycles. The minimum absolute atomic E-state index is 0.329. The molecule has 0 bridgehead atoms. The van der Waals surface area contributed by atoms with Crippen molar-refractivity contribution in [3.05, 3.63) is 77.6 Å². The first-order valence-electron chi connectivity index (χ1n) is 8.51. The summed E-state index contributed by atoms with van der Waals surface area (Å²) in [5, 5.41) is 0. The molecule has 27 heavy (non-hydrogen) atoms. The Morgan fingerprint density at radius 1 is 0.926 bits per heavy atom. The second-order valence-corrected chi connectivity index (χ2v) is 6.52. The van der Waals surface area contributed by atoms with Crippen LogP contribution in [0.4, 0.5) is 5.69 Å². The Morgan fingerprint density at radius 3 is 2.48 bits per heavy atom. The Morgan fingerprint density at radius 2 is 1.70 bits per heavy atom. The minimum atomic E-state index is -0.352. The van der Waals surface area contributed by atoms with Gasteiger partial charge in [-0.1, -0.05) is 6.07 Å². The number of aromatic nitrogens is 3. The minimum Gasteiger partial charge on any atom is -0.338 e. The number of nitrogens with one attached hydrogen (secondary N) is 1. The van der Waals surface area contributed by atoms with Crippen molar-refractivity contribution in [2.45, 2.75) is 6.92 Å². The van der Waals surface area contributed by atoms with Crippen molar-refractivity contribution in [3.8, 4) is 11.4 Å². The van der Waals surface area contributed by atoms with Crippen LogP contribution in [0.2, 0.25) is 0 Å². The summed E-state index contributed by atoms with van der Waals surface area (Å²) in [6.07, 6.45) is 2.94. The molecule has 0 fully saturated rings. The Kier molecular flexibility index (Phi) is 3.21. The van der Waals surface area contributed by atoms with Crippen LogP contribution in [0.25, 0.3) is 22.4 Å². The van der Waals surface area contributed by atoms with E-state index in [4.69, 9.17) is 0 Å². The first kappa shape index (κ1) is 15.5. The molecule has 1 aliphatic rings. The second kappa shape index (κ2) is 5.60. The van der Waals surface area contributed by atoms with E-state index in [2.05, 4.69) is 15.0 Å². The summed E-state index contributed by atoms with van der Waals surface area (Å²) in [5.74, 6) is 0.0631. The third kappa shape index (κ3) is 2.34. The number of aryl methyl sites for hydroxylation is 1. The van der Waals surface area contributed by atoms with E-state index < -0.39 is 0 Å². The fourth-order valence-corrected chi connectivity index (χ4v) is 3.35. The Hall–Kier alpha value is -3.80. The van der Waals surface area contributed by atoms with Crippen LogP contribution in [-0.4, -0.2) is 26.8 Å². The summed E-state index contributed by atoms with van der Waals surface area (Å²) in [7, 11) is 0. The van der Waals surface area contributed by atoms with Crippen LogP contribution in [-0.2, 0) is 0 Å². The molecule has 6 heteroatoms. The average Bonchev–Trinajstić information content (AvgIpc) is 3.21. The number of rotatable bonds is 2. The maximum atomic E-state index is 12.6. The van der Waals surface area contributed by atoms with Crippen molar-refractivity contribution in [2.24, 2.45) is 0 Å². The predicted octanol–water partition coefficient (Wildman–Crippen LogP) is 3.73. The molecule has 1 N–H and O–H groups in total. The monoisotopic (exact) mass is 354 g/mol. The summed E-state index contributed by atoms with van der Waals surface area (Å²) in [5.41, 5.74) is 5.15. The van der Waals surface area contributed by atoms with E-state index in [-0.39, 0.29) is 11.8 Å². The average molecular weight is 354 g/mol. The lowest BCUT2D eigenvalue weighted by atomic mass is 10.2. The Balaban J connectivity index is 1.50. The summed E-state index contributed by atoms with van der Waals surface area (Å²) in [6, 6.07) is 14.8. The number of carbonyl (C=O) groups is 2. The highest BCUT2D eigenvalue weighted by molar-refractivity contribution is 6.34. The summed E-state index contributed by atoms with van der Waals surface area (Å²) in [4.78, 5) is 38.2. The van der Waals surface area contributed by atoms with Gasteiger partial charge in [0.1, 0.15) is 5.82 Å². The van der Waals surface area contributed by atoms with Crippen molar-refractivity contribution in [3.63, 3.8) is 0 Å². The molecule has 2 aromatic carbocycles. The number of anilines is 1. The van der Waals surface area contributed by atoms with E-state index in [1.54, 1.807) is 18.2 Å². The summed E-state index contributed by atoms with van der Waals surface area (Å²) >= 11 is 0. The lowest BCUT2D eigenvalue weighted by molar-refractivity contribution is 0.0926. The van der Waals surface area contributed by atoms with Crippen molar-refractivity contribution in [1.29, 1.82) is 0 Å². The van der Waals surface area contributed by atoms with E-state index in [1.807, 2.05) is 37.3 Å². The first-order chi connectivity index (χ1) is 13.1. The number of carbonyl (C=O) groups excluding carboxylic acids is 2. The molecule has 1 aliphatic heterocycles. The van der Waals surface area contributed by atoms with Crippen molar-refractivity contribution >= 4 is 28.5 Å². The van der Waals surface area contributed by atoms with Crippen LogP contribution >= 0.6 is 0 Å². The highest BCUT2D eigenvalue weighted by Crippen LogP contribution is 2.29. The number of pyridine rings is 1. The van der Waals surface area contributed by atoms with Gasteiger partial charge in [0.25, 0.3) is 11.8 Å². The smallest absolute Gasteiger partial charge is 0.267 e. The molecule has 0 saturated heterocycles. The number of fused-ring (bicyclic) bond motifs is 2. The largest absolute Gasteiger partial charge is 0.338 e. The normalized spacial score (nSPS) is 13.4. The molecule has 2 aromatic heterocycles. The highest BCUT2D eigenvalue weighted by atomic mass is 16.2. The maximum Gasteiger partial charge on any atom is 0.267 e. The number of hydrogen-bond acceptors (Lipinski definition) is 4. The zero-order valence-corrected chi connectivity index (χ0v) is 14.4. The standard InChI is InChI=1S/C21H14N4O2/c1-12-2-7-17-18(10-12)24-19(23-17)13-3-5-14(6-4-13)25-20(26)15-8-9-22-11-16(15)21(25)27/h2-11H,1H3,(H,23,24). The lowest BCUT2D eigenvalue weighted by Crippen LogP contribution is -2.29. The summed E-state index contributed by atoms with van der Waals surface area (Å²) in [6.45, 7) is 2.03. The second-order valence-electron chi connectivity index (χ2n) is 6.52. The van der Waals surface area contributed by atoms with E-state index in [0.717, 1.165) is 28.0 Å². The van der Waals surface area contributed by atoms with E-state index in [1.165, 1.54) is 17.3 Å². The first-order valence-corrected chi connectivity index (χ1v) is 8.51. The van der Waals surface area contributed by atoms with Gasteiger partial charge in [-0.15, -0.1) is 0 Å². The van der Waals surface area contributed by atoms with Gasteiger partial charge >= 0.3 is 0 Å². The third-order valence-corrected chi connectivity index (χ3v) is 4.72. The quantitative estimate of drug-likeness (QED) is 0.556. The molecule has 2 amide bonds. The van der Waals surface area contributed by atoms with E-state index in [9.17, 15) is 9.59 Å². The van der Waals surface area contributed by atoms with Crippen LogP contribution in [0.1, 0.15) is 26.3 Å². The molecule has 0 atom stereocenters. The van der Waals surface area contributed by atoms with Crippen molar-refractivity contribution in [1.82, 2.24) is 15.0 Å². The molecule has 0 spiro atoms. The molecule has 0 unspecified atom stereocenters. The molecule has 4 aromatic rings. The Labute approximate surface area is 154 Å². The number of amides is 2. The number of hydrogen-bond donors (Lipinski definition) is 1. The zero-order chi connectivity index (χ0) is 18.5. The van der Waals surface area contributed by atoms with Gasteiger partial charge in [-0.05, 0) is 55.0 Å². The zero-order valence-electron chi connectivity index (χ0n) is 14.4. The molecular weight excluding hydrogens is 340 g/mol. The van der Waals surface area contributed by atoms with Crippen LogP contribution in [0.5, 0.6) is 0 Å². The van der Waals surface area contributed by atoms with Gasteiger partial charge in [0.15, 0.2) is 0 Å². The Bertz CT molecular complexity index is 1190. The van der Waals surface area contributed by atoms with Crippen molar-refractivity contribution in [2.75, 3.05) is 4.90 Å². The highest BCUT2D eigenvalue weighted by Gasteiger charge is 2.36. The number of H-pyrrole nitrogens is 1. The maximum absolute atomic E-state index is 12.6. The summed E-state index contributed by atoms with van der Waals surface area (Å²) < 4.78 is 0. The van der Waals surface area contributed by atoms with Gasteiger partial charge in [-0.3, -0.25) is 14.6 Å². The fraction of sp³-hybridized carbons (Fsp3) is 0.0476. The molecule has 5 rings (SSSR count). The molecule has 130 valence electrons. The van der Waals surface area contributed by atoms with Gasteiger partial charge in [-0.2, -0.15) is 0 Å². The van der Waals surface area contributed by atoms with Crippen molar-refractivity contribution < 1.29 is 9.59 Å². The third-order valence-electron chi connectivity index (χ3n) is 4.72. The molecule has 0 radical (unpaired) electrons.